The Morgan fingerprint density at radius 1 is 1.45 bits per heavy atom. The molecule has 1 aromatic carbocycles. The summed E-state index contributed by atoms with van der Waals surface area (Å²) in [6.45, 7) is 1.47. The van der Waals surface area contributed by atoms with Crippen LogP contribution in [-0.2, 0) is 0 Å². The van der Waals surface area contributed by atoms with Crippen LogP contribution in [0.1, 0.15) is 17.3 Å². The second kappa shape index (κ2) is 3.35. The highest BCUT2D eigenvalue weighted by atomic mass is 16.2. The van der Waals surface area contributed by atoms with Crippen molar-refractivity contribution in [3.8, 4) is 0 Å². The lowest BCUT2D eigenvalue weighted by Crippen LogP contribution is -2.20. The average Bonchev–Trinajstić information content (AvgIpc) is 2.04. The number of hydrogen-bond donors (Lipinski definition) is 1. The van der Waals surface area contributed by atoms with Crippen molar-refractivity contribution in [2.45, 2.75) is 6.92 Å². The lowest BCUT2D eigenvalue weighted by molar-refractivity contribution is 0.101. The molecule has 0 spiro atoms. The van der Waals surface area contributed by atoms with E-state index < -0.39 is 0 Å². The zero-order valence-electron chi connectivity index (χ0n) is 6.24. The van der Waals surface area contributed by atoms with E-state index in [0.717, 1.165) is 7.48 Å². The van der Waals surface area contributed by atoms with Crippen LogP contribution in [0.3, 0.4) is 0 Å². The van der Waals surface area contributed by atoms with Crippen molar-refractivity contribution in [2.24, 2.45) is 0 Å². The number of rotatable bonds is 2. The number of ketones is 1. The summed E-state index contributed by atoms with van der Waals surface area (Å²) in [5, 5.41) is 8.69. The predicted octanol–water partition coefficient (Wildman–Crippen LogP) is 0.126. The van der Waals surface area contributed by atoms with E-state index in [1.807, 2.05) is 0 Å². The van der Waals surface area contributed by atoms with Crippen molar-refractivity contribution in [2.75, 3.05) is 0 Å². The van der Waals surface area contributed by atoms with Crippen molar-refractivity contribution in [3.63, 3.8) is 0 Å². The predicted molar refractivity (Wildman–Crippen MR) is 44.1 cm³/mol. The van der Waals surface area contributed by atoms with Gasteiger partial charge in [0.15, 0.2) is 5.78 Å². The Morgan fingerprint density at radius 3 is 2.55 bits per heavy atom. The zero-order valence-corrected chi connectivity index (χ0v) is 6.24. The number of carbonyl (C=O) groups excluding carboxylic acids is 1. The van der Waals surface area contributed by atoms with Gasteiger partial charge in [-0.15, -0.1) is 0 Å². The van der Waals surface area contributed by atoms with E-state index in [1.165, 1.54) is 6.92 Å². The van der Waals surface area contributed by atoms with Crippen LogP contribution in [-0.4, -0.2) is 18.3 Å². The second-order valence-corrected chi connectivity index (χ2v) is 2.27. The van der Waals surface area contributed by atoms with E-state index >= 15 is 0 Å². The summed E-state index contributed by atoms with van der Waals surface area (Å²) in [6, 6.07) is 6.92. The smallest absolute Gasteiger partial charge is 0.327 e. The molecule has 55 valence electrons. The van der Waals surface area contributed by atoms with Crippen molar-refractivity contribution >= 4 is 18.7 Å². The van der Waals surface area contributed by atoms with E-state index in [9.17, 15) is 4.79 Å². The van der Waals surface area contributed by atoms with Crippen molar-refractivity contribution < 1.29 is 9.82 Å². The van der Waals surface area contributed by atoms with Gasteiger partial charge in [-0.3, -0.25) is 4.79 Å². The standard InChI is InChI=1S/C8H8BO2/c1-6(10)7-4-2-3-5-8(7)9-11/h2-5,11H,1H3. The molecule has 11 heavy (non-hydrogen) atoms. The molecule has 0 aliphatic carbocycles. The largest absolute Gasteiger partial charge is 0.450 e. The number of carbonyl (C=O) groups is 1. The molecule has 1 N–H and O–H groups in total. The Balaban J connectivity index is 3.12. The second-order valence-electron chi connectivity index (χ2n) is 2.27. The summed E-state index contributed by atoms with van der Waals surface area (Å²) in [7, 11) is 0.941. The lowest BCUT2D eigenvalue weighted by atomic mass is 9.83. The molecule has 1 radical (unpaired) electrons. The van der Waals surface area contributed by atoms with Crippen LogP contribution < -0.4 is 5.46 Å². The summed E-state index contributed by atoms with van der Waals surface area (Å²) < 4.78 is 0. The van der Waals surface area contributed by atoms with Gasteiger partial charge < -0.3 is 5.02 Å². The van der Waals surface area contributed by atoms with Gasteiger partial charge in [0.1, 0.15) is 0 Å². The summed E-state index contributed by atoms with van der Waals surface area (Å²) in [6.07, 6.45) is 0. The van der Waals surface area contributed by atoms with Crippen LogP contribution in [0.4, 0.5) is 0 Å². The minimum absolute atomic E-state index is 0.0362. The molecule has 1 rings (SSSR count). The average molecular weight is 147 g/mol. The Kier molecular flexibility index (Phi) is 2.44. The van der Waals surface area contributed by atoms with Gasteiger partial charge in [0.05, 0.1) is 0 Å². The van der Waals surface area contributed by atoms with Crippen LogP contribution in [0.15, 0.2) is 24.3 Å². The molecule has 0 saturated carbocycles. The quantitative estimate of drug-likeness (QED) is 0.476. The lowest BCUT2D eigenvalue weighted by Gasteiger charge is -1.99. The van der Waals surface area contributed by atoms with E-state index in [4.69, 9.17) is 5.02 Å². The zero-order chi connectivity index (χ0) is 8.27. The van der Waals surface area contributed by atoms with Gasteiger partial charge in [-0.05, 0) is 12.4 Å². The third kappa shape index (κ3) is 1.68. The first kappa shape index (κ1) is 8.02. The van der Waals surface area contributed by atoms with Gasteiger partial charge >= 0.3 is 7.48 Å². The van der Waals surface area contributed by atoms with Crippen LogP contribution >= 0.6 is 0 Å². The Labute approximate surface area is 66.1 Å². The minimum atomic E-state index is -0.0362. The first-order chi connectivity index (χ1) is 5.25. The first-order valence-electron chi connectivity index (χ1n) is 3.33. The van der Waals surface area contributed by atoms with Crippen molar-refractivity contribution in [1.29, 1.82) is 0 Å². The topological polar surface area (TPSA) is 37.3 Å². The maximum Gasteiger partial charge on any atom is 0.327 e. The summed E-state index contributed by atoms with van der Waals surface area (Å²) in [5.41, 5.74) is 1.12. The molecule has 0 amide bonds. The third-order valence-electron chi connectivity index (χ3n) is 1.48. The van der Waals surface area contributed by atoms with Gasteiger partial charge in [-0.2, -0.15) is 0 Å². The molecule has 0 heterocycles. The maximum absolute atomic E-state index is 10.9. The van der Waals surface area contributed by atoms with Crippen LogP contribution in [0.2, 0.25) is 0 Å². The summed E-state index contributed by atoms with van der Waals surface area (Å²) >= 11 is 0. The Morgan fingerprint density at radius 2 is 2.09 bits per heavy atom. The highest BCUT2D eigenvalue weighted by Gasteiger charge is 2.04. The highest BCUT2D eigenvalue weighted by molar-refractivity contribution is 6.48. The van der Waals surface area contributed by atoms with E-state index in [1.54, 1.807) is 24.3 Å². The summed E-state index contributed by atoms with van der Waals surface area (Å²) in [4.78, 5) is 10.9. The number of hydrogen-bond acceptors (Lipinski definition) is 2. The van der Waals surface area contributed by atoms with Gasteiger partial charge in [-0.1, -0.05) is 24.3 Å². The fourth-order valence-corrected chi connectivity index (χ4v) is 0.930. The normalized spacial score (nSPS) is 9.27. The monoisotopic (exact) mass is 147 g/mol. The molecule has 0 unspecified atom stereocenters. The molecule has 0 bridgehead atoms. The fourth-order valence-electron chi connectivity index (χ4n) is 0.930. The molecule has 1 aromatic rings. The van der Waals surface area contributed by atoms with Gasteiger partial charge in [0.25, 0.3) is 0 Å². The molecule has 0 atom stereocenters. The van der Waals surface area contributed by atoms with Gasteiger partial charge in [0, 0.05) is 5.56 Å². The Hall–Kier alpha value is -1.09. The highest BCUT2D eigenvalue weighted by Crippen LogP contribution is 1.95. The molecule has 0 aliphatic rings. The van der Waals surface area contributed by atoms with E-state index in [0.29, 0.717) is 11.0 Å². The molecule has 0 aliphatic heterocycles. The molecule has 0 saturated heterocycles. The third-order valence-corrected chi connectivity index (χ3v) is 1.48. The number of Topliss-reactive ketones (excluding diaryl/α,β-unsaturated/α-hetero) is 1. The van der Waals surface area contributed by atoms with Gasteiger partial charge in [-0.25, -0.2) is 0 Å². The van der Waals surface area contributed by atoms with Crippen molar-refractivity contribution in [1.82, 2.24) is 0 Å². The van der Waals surface area contributed by atoms with E-state index in [-0.39, 0.29) is 5.78 Å². The molecule has 0 fully saturated rings. The van der Waals surface area contributed by atoms with Crippen LogP contribution in [0.5, 0.6) is 0 Å². The fraction of sp³-hybridized carbons (Fsp3) is 0.125. The SMILES string of the molecule is CC(=O)c1ccccc1[B]O. The molecule has 3 heteroatoms. The molecular formula is C8H8BO2. The Bertz CT molecular complexity index is 271. The van der Waals surface area contributed by atoms with Gasteiger partial charge in [0.2, 0.25) is 0 Å². The summed E-state index contributed by atoms with van der Waals surface area (Å²) in [5.74, 6) is -0.0362. The maximum atomic E-state index is 10.9. The number of benzene rings is 1. The molecule has 0 aromatic heterocycles. The van der Waals surface area contributed by atoms with Crippen molar-refractivity contribution in [3.05, 3.63) is 29.8 Å². The van der Waals surface area contributed by atoms with Crippen LogP contribution in [0.25, 0.3) is 0 Å². The minimum Gasteiger partial charge on any atom is -0.450 e. The molecule has 2 nitrogen and oxygen atoms in total. The first-order valence-corrected chi connectivity index (χ1v) is 3.33. The van der Waals surface area contributed by atoms with E-state index in [2.05, 4.69) is 0 Å². The van der Waals surface area contributed by atoms with Crippen LogP contribution in [0, 0.1) is 0 Å². The molecular weight excluding hydrogens is 139 g/mol.